The van der Waals surface area contributed by atoms with Gasteiger partial charge in [-0.15, -0.1) is 0 Å². The lowest BCUT2D eigenvalue weighted by Gasteiger charge is -2.61. The third-order valence-corrected chi connectivity index (χ3v) is 12.5. The van der Waals surface area contributed by atoms with Crippen molar-refractivity contribution in [3.8, 4) is 0 Å². The second-order valence-electron chi connectivity index (χ2n) is 14.5. The van der Waals surface area contributed by atoms with E-state index in [1.807, 2.05) is 0 Å². The predicted octanol–water partition coefficient (Wildman–Crippen LogP) is 6.15. The largest absolute Gasteiger partial charge is 0.388 e. The van der Waals surface area contributed by atoms with Crippen molar-refractivity contribution in [3.63, 3.8) is 0 Å². The lowest BCUT2D eigenvalue weighted by Crippen LogP contribution is -2.58. The van der Waals surface area contributed by atoms with E-state index in [9.17, 15) is 14.7 Å². The SMILES string of the molecule is C[C@]12CC[C@](O)(CN(CC3CCCCC3)C(=O)C3CC3)CC1CC[C@@H]1[C@@H]2CC[C@]2(C)C(=O)CC[C@@H]12. The van der Waals surface area contributed by atoms with E-state index in [2.05, 4.69) is 18.7 Å². The fourth-order valence-corrected chi connectivity index (χ4v) is 10.1. The highest BCUT2D eigenvalue weighted by Crippen LogP contribution is 2.66. The molecule has 6 saturated carbocycles. The molecule has 196 valence electrons. The zero-order chi connectivity index (χ0) is 24.4. The fourth-order valence-electron chi connectivity index (χ4n) is 10.1. The number of amides is 1. The fraction of sp³-hybridized carbons (Fsp3) is 0.935. The molecule has 0 saturated heterocycles. The molecule has 6 aliphatic carbocycles. The maximum Gasteiger partial charge on any atom is 0.225 e. The Balaban J connectivity index is 1.16. The van der Waals surface area contributed by atoms with Crippen LogP contribution in [0.25, 0.3) is 0 Å². The van der Waals surface area contributed by atoms with Gasteiger partial charge in [0.25, 0.3) is 0 Å². The Hall–Kier alpha value is -0.900. The third kappa shape index (κ3) is 4.22. The number of carbonyl (C=O) groups excluding carboxylic acids is 2. The topological polar surface area (TPSA) is 57.6 Å². The predicted molar refractivity (Wildman–Crippen MR) is 138 cm³/mol. The molecule has 1 amide bonds. The Morgan fingerprint density at radius 1 is 0.914 bits per heavy atom. The average Bonchev–Trinajstić information content (AvgIpc) is 3.64. The van der Waals surface area contributed by atoms with Crippen LogP contribution in [0, 0.1) is 46.3 Å². The van der Waals surface area contributed by atoms with Gasteiger partial charge in [0, 0.05) is 30.8 Å². The summed E-state index contributed by atoms with van der Waals surface area (Å²) in [6.07, 6.45) is 17.9. The van der Waals surface area contributed by atoms with Crippen molar-refractivity contribution in [3.05, 3.63) is 0 Å². The van der Waals surface area contributed by atoms with Gasteiger partial charge in [-0.2, -0.15) is 0 Å². The van der Waals surface area contributed by atoms with E-state index in [1.165, 1.54) is 51.4 Å². The minimum Gasteiger partial charge on any atom is -0.388 e. The van der Waals surface area contributed by atoms with E-state index in [-0.39, 0.29) is 16.7 Å². The Labute approximate surface area is 213 Å². The number of ketones is 1. The van der Waals surface area contributed by atoms with Gasteiger partial charge in [0.15, 0.2) is 0 Å². The van der Waals surface area contributed by atoms with Crippen LogP contribution in [0.4, 0.5) is 0 Å². The van der Waals surface area contributed by atoms with Crippen LogP contribution in [-0.4, -0.2) is 40.4 Å². The van der Waals surface area contributed by atoms with E-state index in [4.69, 9.17) is 0 Å². The minimum absolute atomic E-state index is 0.0530. The van der Waals surface area contributed by atoms with Crippen LogP contribution in [0.5, 0.6) is 0 Å². The second kappa shape index (κ2) is 8.84. The maximum atomic E-state index is 13.3. The number of hydrogen-bond donors (Lipinski definition) is 1. The monoisotopic (exact) mass is 483 g/mol. The van der Waals surface area contributed by atoms with Crippen LogP contribution >= 0.6 is 0 Å². The summed E-state index contributed by atoms with van der Waals surface area (Å²) in [7, 11) is 0. The highest BCUT2D eigenvalue weighted by Gasteiger charge is 2.61. The molecule has 6 aliphatic rings. The Morgan fingerprint density at radius 3 is 2.43 bits per heavy atom. The van der Waals surface area contributed by atoms with E-state index in [0.29, 0.717) is 47.8 Å². The highest BCUT2D eigenvalue weighted by molar-refractivity contribution is 5.87. The van der Waals surface area contributed by atoms with Crippen LogP contribution < -0.4 is 0 Å². The molecule has 6 rings (SSSR count). The number of Topliss-reactive ketones (excluding diaryl/α,β-unsaturated/α-hetero) is 1. The van der Waals surface area contributed by atoms with Gasteiger partial charge >= 0.3 is 0 Å². The highest BCUT2D eigenvalue weighted by atomic mass is 16.3. The molecule has 0 aromatic rings. The second-order valence-corrected chi connectivity index (χ2v) is 14.5. The van der Waals surface area contributed by atoms with Gasteiger partial charge in [0.1, 0.15) is 5.78 Å². The normalized spacial score (nSPS) is 46.0. The first-order valence-corrected chi connectivity index (χ1v) is 15.3. The van der Waals surface area contributed by atoms with Crippen LogP contribution in [0.1, 0.15) is 117 Å². The molecule has 35 heavy (non-hydrogen) atoms. The molecule has 0 spiro atoms. The maximum absolute atomic E-state index is 13.3. The molecule has 1 N–H and O–H groups in total. The number of hydrogen-bond acceptors (Lipinski definition) is 3. The summed E-state index contributed by atoms with van der Waals surface area (Å²) in [5.74, 6) is 4.28. The zero-order valence-electron chi connectivity index (χ0n) is 22.4. The Bertz CT molecular complexity index is 846. The molecule has 0 bridgehead atoms. The Kier molecular flexibility index (Phi) is 6.18. The first-order chi connectivity index (χ1) is 16.7. The summed E-state index contributed by atoms with van der Waals surface area (Å²) >= 11 is 0. The van der Waals surface area contributed by atoms with E-state index in [1.54, 1.807) is 0 Å². The van der Waals surface area contributed by atoms with Crippen molar-refractivity contribution in [2.45, 2.75) is 122 Å². The number of carbonyl (C=O) groups is 2. The average molecular weight is 484 g/mol. The van der Waals surface area contributed by atoms with Crippen LogP contribution in [0.2, 0.25) is 0 Å². The van der Waals surface area contributed by atoms with Gasteiger partial charge < -0.3 is 10.0 Å². The quantitative estimate of drug-likeness (QED) is 0.510. The van der Waals surface area contributed by atoms with Crippen molar-refractivity contribution in [1.29, 1.82) is 0 Å². The van der Waals surface area contributed by atoms with Crippen LogP contribution in [0.3, 0.4) is 0 Å². The summed E-state index contributed by atoms with van der Waals surface area (Å²) in [5, 5.41) is 12.0. The van der Waals surface area contributed by atoms with Crippen molar-refractivity contribution in [1.82, 2.24) is 4.90 Å². The molecule has 0 aromatic heterocycles. The van der Waals surface area contributed by atoms with Gasteiger partial charge in [-0.05, 0) is 112 Å². The standard InChI is InChI=1S/C31H49NO3/c1-29-16-17-31(35,20-32(28(34)22-8-9-22)19-21-6-4-3-5-7-21)18-23(29)10-11-24-25-12-13-27(33)30(25,2)15-14-26(24)29/h21-26,35H,3-20H2,1-2H3/t23?,24-,25-,26-,29-,30-,31+/m0/s1. The summed E-state index contributed by atoms with van der Waals surface area (Å²) in [4.78, 5) is 28.1. The lowest BCUT2D eigenvalue weighted by molar-refractivity contribution is -0.162. The molecule has 4 nitrogen and oxygen atoms in total. The third-order valence-electron chi connectivity index (χ3n) is 12.5. The van der Waals surface area contributed by atoms with E-state index in [0.717, 1.165) is 57.9 Å². The van der Waals surface area contributed by atoms with E-state index >= 15 is 0 Å². The summed E-state index contributed by atoms with van der Waals surface area (Å²) in [6.45, 7) is 6.24. The molecule has 0 aliphatic heterocycles. The minimum atomic E-state index is -0.720. The van der Waals surface area contributed by atoms with Gasteiger partial charge in [-0.3, -0.25) is 9.59 Å². The van der Waals surface area contributed by atoms with Crippen molar-refractivity contribution in [2.75, 3.05) is 13.1 Å². The number of rotatable bonds is 5. The molecule has 4 heteroatoms. The molecule has 0 heterocycles. The molecule has 7 atom stereocenters. The van der Waals surface area contributed by atoms with Gasteiger partial charge in [0.05, 0.1) is 5.60 Å². The van der Waals surface area contributed by atoms with Gasteiger partial charge in [-0.25, -0.2) is 0 Å². The molecule has 1 unspecified atom stereocenters. The molecule has 6 fully saturated rings. The van der Waals surface area contributed by atoms with Gasteiger partial charge in [-0.1, -0.05) is 33.1 Å². The zero-order valence-corrected chi connectivity index (χ0v) is 22.4. The number of aliphatic hydroxyl groups is 1. The molecular formula is C31H49NO3. The molecule has 0 aromatic carbocycles. The Morgan fingerprint density at radius 2 is 1.69 bits per heavy atom. The van der Waals surface area contributed by atoms with Gasteiger partial charge in [0.2, 0.25) is 5.91 Å². The van der Waals surface area contributed by atoms with Crippen molar-refractivity contribution in [2.24, 2.45) is 46.3 Å². The van der Waals surface area contributed by atoms with Crippen LogP contribution in [-0.2, 0) is 9.59 Å². The summed E-state index contributed by atoms with van der Waals surface area (Å²) < 4.78 is 0. The van der Waals surface area contributed by atoms with E-state index < -0.39 is 5.60 Å². The number of fused-ring (bicyclic) bond motifs is 5. The van der Waals surface area contributed by atoms with Crippen molar-refractivity contribution < 1.29 is 14.7 Å². The smallest absolute Gasteiger partial charge is 0.225 e. The number of nitrogens with zero attached hydrogens (tertiary/aromatic N) is 1. The molecular weight excluding hydrogens is 434 g/mol. The summed E-state index contributed by atoms with van der Waals surface area (Å²) in [6, 6.07) is 0. The lowest BCUT2D eigenvalue weighted by atomic mass is 9.44. The van der Waals surface area contributed by atoms with Crippen molar-refractivity contribution >= 4 is 11.7 Å². The first kappa shape index (κ1) is 24.4. The first-order valence-electron chi connectivity index (χ1n) is 15.3. The van der Waals surface area contributed by atoms with Crippen LogP contribution in [0.15, 0.2) is 0 Å². The summed E-state index contributed by atoms with van der Waals surface area (Å²) in [5.41, 5.74) is -0.484. The molecule has 0 radical (unpaired) electrons.